The summed E-state index contributed by atoms with van der Waals surface area (Å²) in [5.41, 5.74) is 7.14. The number of ether oxygens (including phenoxy) is 2. The van der Waals surface area contributed by atoms with Gasteiger partial charge in [0.2, 0.25) is 11.9 Å². The lowest BCUT2D eigenvalue weighted by atomic mass is 10.0. The number of anilines is 3. The van der Waals surface area contributed by atoms with Crippen molar-refractivity contribution in [3.63, 3.8) is 0 Å². The van der Waals surface area contributed by atoms with Gasteiger partial charge in [-0.15, -0.1) is 5.10 Å². The molecule has 0 radical (unpaired) electrons. The lowest BCUT2D eigenvalue weighted by molar-refractivity contribution is 0.0278. The summed E-state index contributed by atoms with van der Waals surface area (Å²) in [6.07, 6.45) is -0.393. The van der Waals surface area contributed by atoms with Crippen LogP contribution in [0.25, 0.3) is 11.1 Å². The number of halogens is 2. The standard InChI is InChI=1S/C22H26Cl2N6O3/c1-22(2,3)33-21(31)30(4)9-10-32-15-7-5-13(6-8-15)18-16(23)11-14(12-17(18)24)26-20-27-19(25)28-29-20/h5-8,11-12H,9-10H2,1-4H3,(H4,25,26,27,28,29). The summed E-state index contributed by atoms with van der Waals surface area (Å²) in [7, 11) is 1.67. The molecule has 3 rings (SSSR count). The van der Waals surface area contributed by atoms with Crippen LogP contribution in [0.5, 0.6) is 5.75 Å². The first kappa shape index (κ1) is 24.5. The Morgan fingerprint density at radius 2 is 1.82 bits per heavy atom. The third-order valence-electron chi connectivity index (χ3n) is 4.34. The van der Waals surface area contributed by atoms with Gasteiger partial charge in [-0.25, -0.2) is 9.89 Å². The van der Waals surface area contributed by atoms with Crippen molar-refractivity contribution >= 4 is 46.9 Å². The van der Waals surface area contributed by atoms with Gasteiger partial charge in [-0.1, -0.05) is 35.3 Å². The lowest BCUT2D eigenvalue weighted by Crippen LogP contribution is -2.36. The number of nitrogens with one attached hydrogen (secondary N) is 2. The molecule has 33 heavy (non-hydrogen) atoms. The Balaban J connectivity index is 1.61. The van der Waals surface area contributed by atoms with Crippen LogP contribution in [0.4, 0.5) is 22.4 Å². The SMILES string of the molecule is CN(CCOc1ccc(-c2c(Cl)cc(Nc3n[nH]c(N)n3)cc2Cl)cc1)C(=O)OC(C)(C)C. The van der Waals surface area contributed by atoms with Crippen LogP contribution in [0.3, 0.4) is 0 Å². The molecule has 176 valence electrons. The lowest BCUT2D eigenvalue weighted by Gasteiger charge is -2.24. The number of hydrogen-bond donors (Lipinski definition) is 3. The molecule has 0 saturated heterocycles. The third-order valence-corrected chi connectivity index (χ3v) is 4.94. The molecule has 11 heteroatoms. The number of nitrogen functional groups attached to an aromatic ring is 1. The van der Waals surface area contributed by atoms with E-state index in [0.717, 1.165) is 5.56 Å². The highest BCUT2D eigenvalue weighted by Gasteiger charge is 2.19. The van der Waals surface area contributed by atoms with Gasteiger partial charge in [0.05, 0.1) is 16.6 Å². The number of benzene rings is 2. The molecular formula is C22H26Cl2N6O3. The number of amides is 1. The molecule has 1 amide bonds. The maximum Gasteiger partial charge on any atom is 0.410 e. The van der Waals surface area contributed by atoms with E-state index in [-0.39, 0.29) is 5.95 Å². The molecule has 0 atom stereocenters. The average molecular weight is 493 g/mol. The van der Waals surface area contributed by atoms with Crippen molar-refractivity contribution < 1.29 is 14.3 Å². The van der Waals surface area contributed by atoms with E-state index in [2.05, 4.69) is 20.5 Å². The minimum absolute atomic E-state index is 0.199. The fourth-order valence-electron chi connectivity index (χ4n) is 2.83. The zero-order chi connectivity index (χ0) is 24.2. The highest BCUT2D eigenvalue weighted by molar-refractivity contribution is 6.39. The van der Waals surface area contributed by atoms with Crippen molar-refractivity contribution in [3.05, 3.63) is 46.4 Å². The average Bonchev–Trinajstić information content (AvgIpc) is 3.11. The van der Waals surface area contributed by atoms with Gasteiger partial charge >= 0.3 is 6.09 Å². The zero-order valence-electron chi connectivity index (χ0n) is 18.8. The second-order valence-corrected chi connectivity index (χ2v) is 9.07. The number of carbonyl (C=O) groups is 1. The molecule has 0 saturated carbocycles. The predicted molar refractivity (Wildman–Crippen MR) is 130 cm³/mol. The minimum atomic E-state index is -0.539. The normalized spacial score (nSPS) is 11.2. The molecule has 1 heterocycles. The number of nitrogens with two attached hydrogens (primary N) is 1. The van der Waals surface area contributed by atoms with E-state index in [4.69, 9.17) is 38.4 Å². The summed E-state index contributed by atoms with van der Waals surface area (Å²) in [5, 5.41) is 10.4. The summed E-state index contributed by atoms with van der Waals surface area (Å²) in [4.78, 5) is 17.5. The molecule has 0 aliphatic rings. The Bertz CT molecular complexity index is 1090. The quantitative estimate of drug-likeness (QED) is 0.406. The van der Waals surface area contributed by atoms with Gasteiger partial charge in [0.1, 0.15) is 18.0 Å². The van der Waals surface area contributed by atoms with E-state index in [1.165, 1.54) is 4.90 Å². The van der Waals surface area contributed by atoms with E-state index in [0.29, 0.717) is 46.1 Å². The Kier molecular flexibility index (Phi) is 7.55. The summed E-state index contributed by atoms with van der Waals surface area (Å²) in [6.45, 7) is 6.19. The van der Waals surface area contributed by atoms with E-state index in [1.54, 1.807) is 19.2 Å². The Morgan fingerprint density at radius 3 is 2.36 bits per heavy atom. The number of nitrogens with zero attached hydrogens (tertiary/aromatic N) is 3. The molecular weight excluding hydrogens is 467 g/mol. The van der Waals surface area contributed by atoms with Crippen LogP contribution in [-0.2, 0) is 4.74 Å². The number of rotatable bonds is 7. The number of carbonyl (C=O) groups excluding carboxylic acids is 1. The van der Waals surface area contributed by atoms with Crippen LogP contribution in [-0.4, -0.2) is 52.0 Å². The number of hydrogen-bond acceptors (Lipinski definition) is 7. The number of aromatic nitrogens is 3. The highest BCUT2D eigenvalue weighted by atomic mass is 35.5. The Labute approximate surface area is 202 Å². The molecule has 0 aliphatic carbocycles. The van der Waals surface area contributed by atoms with Crippen molar-refractivity contribution in [2.24, 2.45) is 0 Å². The van der Waals surface area contributed by atoms with Crippen LogP contribution in [0.15, 0.2) is 36.4 Å². The van der Waals surface area contributed by atoms with Crippen LogP contribution in [0.2, 0.25) is 10.0 Å². The number of H-pyrrole nitrogens is 1. The molecule has 0 unspecified atom stereocenters. The topological polar surface area (TPSA) is 118 Å². The second kappa shape index (κ2) is 10.2. The van der Waals surface area contributed by atoms with E-state index < -0.39 is 11.7 Å². The molecule has 0 spiro atoms. The second-order valence-electron chi connectivity index (χ2n) is 8.26. The van der Waals surface area contributed by atoms with Crippen LogP contribution in [0, 0.1) is 0 Å². The van der Waals surface area contributed by atoms with Crippen LogP contribution in [0.1, 0.15) is 20.8 Å². The fraction of sp³-hybridized carbons (Fsp3) is 0.318. The van der Waals surface area contributed by atoms with Gasteiger partial charge in [-0.05, 0) is 50.6 Å². The maximum atomic E-state index is 12.0. The maximum absolute atomic E-state index is 12.0. The van der Waals surface area contributed by atoms with Crippen molar-refractivity contribution in [1.29, 1.82) is 0 Å². The fourth-order valence-corrected chi connectivity index (χ4v) is 3.54. The van der Waals surface area contributed by atoms with Gasteiger partial charge in [0.15, 0.2) is 0 Å². The molecule has 2 aromatic carbocycles. The number of aromatic amines is 1. The van der Waals surface area contributed by atoms with E-state index in [9.17, 15) is 4.79 Å². The van der Waals surface area contributed by atoms with Crippen molar-refractivity contribution in [2.45, 2.75) is 26.4 Å². The van der Waals surface area contributed by atoms with Crippen LogP contribution >= 0.6 is 23.2 Å². The molecule has 0 bridgehead atoms. The molecule has 0 aliphatic heterocycles. The molecule has 3 aromatic rings. The first-order chi connectivity index (χ1) is 15.5. The molecule has 4 N–H and O–H groups in total. The van der Waals surface area contributed by atoms with Crippen molar-refractivity contribution in [1.82, 2.24) is 20.1 Å². The summed E-state index contributed by atoms with van der Waals surface area (Å²) in [6, 6.07) is 10.8. The van der Waals surface area contributed by atoms with Crippen LogP contribution < -0.4 is 15.8 Å². The molecule has 1 aromatic heterocycles. The van der Waals surface area contributed by atoms with Gasteiger partial charge in [-0.2, -0.15) is 4.98 Å². The van der Waals surface area contributed by atoms with E-state index >= 15 is 0 Å². The highest BCUT2D eigenvalue weighted by Crippen LogP contribution is 2.38. The summed E-state index contributed by atoms with van der Waals surface area (Å²) < 4.78 is 11.1. The Hall–Kier alpha value is -3.17. The van der Waals surface area contributed by atoms with Gasteiger partial charge in [0, 0.05) is 18.3 Å². The minimum Gasteiger partial charge on any atom is -0.492 e. The third kappa shape index (κ3) is 6.90. The van der Waals surface area contributed by atoms with Gasteiger partial charge in [-0.3, -0.25) is 0 Å². The largest absolute Gasteiger partial charge is 0.492 e. The van der Waals surface area contributed by atoms with Gasteiger partial charge in [0.25, 0.3) is 0 Å². The van der Waals surface area contributed by atoms with Crippen molar-refractivity contribution in [3.8, 4) is 16.9 Å². The van der Waals surface area contributed by atoms with E-state index in [1.807, 2.05) is 45.0 Å². The molecule has 0 fully saturated rings. The summed E-state index contributed by atoms with van der Waals surface area (Å²) >= 11 is 13.0. The predicted octanol–water partition coefficient (Wildman–Crippen LogP) is 5.35. The molecule has 9 nitrogen and oxygen atoms in total. The Morgan fingerprint density at radius 1 is 1.18 bits per heavy atom. The smallest absolute Gasteiger partial charge is 0.410 e. The van der Waals surface area contributed by atoms with Gasteiger partial charge < -0.3 is 25.4 Å². The number of likely N-dealkylation sites (N-methyl/N-ethyl adjacent to an activating group) is 1. The monoisotopic (exact) mass is 492 g/mol. The first-order valence-corrected chi connectivity index (χ1v) is 10.9. The summed E-state index contributed by atoms with van der Waals surface area (Å²) in [5.74, 6) is 1.17. The first-order valence-electron chi connectivity index (χ1n) is 10.1. The zero-order valence-corrected chi connectivity index (χ0v) is 20.3. The van der Waals surface area contributed by atoms with Crippen molar-refractivity contribution in [2.75, 3.05) is 31.2 Å².